The molecule has 2 N–H and O–H groups in total. The van der Waals surface area contributed by atoms with Crippen molar-refractivity contribution in [3.63, 3.8) is 0 Å². The van der Waals surface area contributed by atoms with E-state index in [9.17, 15) is 23.3 Å². The molecule has 1 aromatic rings. The molecule has 19 heavy (non-hydrogen) atoms. The minimum atomic E-state index is -4.04. The highest BCUT2D eigenvalue weighted by molar-refractivity contribution is 7.90. The number of nitrogens with zero attached hydrogens (tertiary/aromatic N) is 1. The van der Waals surface area contributed by atoms with Gasteiger partial charge >= 0.3 is 5.97 Å². The first-order chi connectivity index (χ1) is 8.71. The predicted molar refractivity (Wildman–Crippen MR) is 66.4 cm³/mol. The van der Waals surface area contributed by atoms with E-state index in [1.54, 1.807) is 0 Å². The first kappa shape index (κ1) is 15.3. The van der Waals surface area contributed by atoms with Gasteiger partial charge in [-0.3, -0.25) is 14.9 Å². The number of rotatable bonds is 6. The van der Waals surface area contributed by atoms with Crippen LogP contribution in [0.25, 0.3) is 0 Å². The SMILES string of the molecule is O=C(O)CS(=O)(=O)NCc1ccc(Cl)cc1[N+](=O)[O-]. The maximum atomic E-state index is 11.3. The molecule has 1 rings (SSSR count). The summed E-state index contributed by atoms with van der Waals surface area (Å²) in [4.78, 5) is 20.4. The van der Waals surface area contributed by atoms with E-state index in [4.69, 9.17) is 16.7 Å². The zero-order valence-corrected chi connectivity index (χ0v) is 10.9. The van der Waals surface area contributed by atoms with Crippen molar-refractivity contribution in [2.75, 3.05) is 5.75 Å². The van der Waals surface area contributed by atoms with Gasteiger partial charge in [0.25, 0.3) is 5.69 Å². The molecule has 0 radical (unpaired) electrons. The second-order valence-electron chi connectivity index (χ2n) is 3.50. The summed E-state index contributed by atoms with van der Waals surface area (Å²) in [6, 6.07) is 3.75. The standard InChI is InChI=1S/C9H9ClN2O6S/c10-7-2-1-6(8(3-7)12(15)16)4-11-19(17,18)5-9(13)14/h1-3,11H,4-5H2,(H,13,14). The van der Waals surface area contributed by atoms with Crippen LogP contribution in [-0.4, -0.2) is 30.2 Å². The van der Waals surface area contributed by atoms with Gasteiger partial charge in [-0.05, 0) is 12.1 Å². The highest BCUT2D eigenvalue weighted by Gasteiger charge is 2.19. The molecule has 0 aliphatic heterocycles. The number of nitro groups is 1. The molecule has 1 aromatic carbocycles. The number of hydrogen-bond acceptors (Lipinski definition) is 5. The van der Waals surface area contributed by atoms with Crippen LogP contribution in [-0.2, 0) is 21.4 Å². The number of carboxylic acids is 1. The number of carboxylic acid groups (broad SMARTS) is 1. The van der Waals surface area contributed by atoms with Crippen molar-refractivity contribution in [3.8, 4) is 0 Å². The first-order valence-corrected chi connectivity index (χ1v) is 6.86. The van der Waals surface area contributed by atoms with Gasteiger partial charge in [0.15, 0.2) is 5.75 Å². The van der Waals surface area contributed by atoms with Gasteiger partial charge in [-0.25, -0.2) is 13.1 Å². The van der Waals surface area contributed by atoms with E-state index in [1.807, 2.05) is 4.72 Å². The average molecular weight is 309 g/mol. The van der Waals surface area contributed by atoms with Crippen molar-refractivity contribution >= 4 is 33.3 Å². The molecule has 10 heteroatoms. The highest BCUT2D eigenvalue weighted by Crippen LogP contribution is 2.23. The number of halogens is 1. The molecule has 0 bridgehead atoms. The molecule has 0 amide bonds. The third-order valence-electron chi connectivity index (χ3n) is 2.04. The van der Waals surface area contributed by atoms with Crippen LogP contribution >= 0.6 is 11.6 Å². The lowest BCUT2D eigenvalue weighted by Gasteiger charge is -2.05. The zero-order valence-electron chi connectivity index (χ0n) is 9.37. The van der Waals surface area contributed by atoms with Gasteiger partial charge in [0.1, 0.15) is 0 Å². The van der Waals surface area contributed by atoms with Crippen molar-refractivity contribution < 1.29 is 23.2 Å². The quantitative estimate of drug-likeness (QED) is 0.590. The summed E-state index contributed by atoms with van der Waals surface area (Å²) >= 11 is 5.60. The maximum absolute atomic E-state index is 11.3. The number of carbonyl (C=O) groups is 1. The van der Waals surface area contributed by atoms with E-state index in [0.29, 0.717) is 0 Å². The topological polar surface area (TPSA) is 127 Å². The van der Waals surface area contributed by atoms with Crippen LogP contribution in [0.1, 0.15) is 5.56 Å². The smallest absolute Gasteiger partial charge is 0.320 e. The normalized spacial score (nSPS) is 11.2. The molecule has 0 aliphatic rings. The van der Waals surface area contributed by atoms with Crippen LogP contribution in [0, 0.1) is 10.1 Å². The Balaban J connectivity index is 2.89. The second kappa shape index (κ2) is 5.95. The van der Waals surface area contributed by atoms with E-state index in [-0.39, 0.29) is 22.8 Å². The van der Waals surface area contributed by atoms with Gasteiger partial charge in [-0.2, -0.15) is 0 Å². The Bertz CT molecular complexity index is 615. The first-order valence-electron chi connectivity index (χ1n) is 4.83. The number of aliphatic carboxylic acids is 1. The van der Waals surface area contributed by atoms with Gasteiger partial charge in [-0.15, -0.1) is 0 Å². The van der Waals surface area contributed by atoms with Gasteiger partial charge in [-0.1, -0.05) is 11.6 Å². The van der Waals surface area contributed by atoms with Crippen molar-refractivity contribution in [1.29, 1.82) is 0 Å². The van der Waals surface area contributed by atoms with Crippen molar-refractivity contribution in [2.45, 2.75) is 6.54 Å². The fraction of sp³-hybridized carbons (Fsp3) is 0.222. The van der Waals surface area contributed by atoms with Crippen LogP contribution in [0.4, 0.5) is 5.69 Å². The van der Waals surface area contributed by atoms with Gasteiger partial charge < -0.3 is 5.11 Å². The molecule has 0 heterocycles. The number of sulfonamides is 1. The van der Waals surface area contributed by atoms with Gasteiger partial charge in [0.2, 0.25) is 10.0 Å². The van der Waals surface area contributed by atoms with Crippen LogP contribution in [0.2, 0.25) is 5.02 Å². The minimum Gasteiger partial charge on any atom is -0.480 e. The molecule has 0 fully saturated rings. The number of nitro benzene ring substituents is 1. The Morgan fingerprint density at radius 3 is 2.63 bits per heavy atom. The molecule has 0 spiro atoms. The largest absolute Gasteiger partial charge is 0.480 e. The maximum Gasteiger partial charge on any atom is 0.320 e. The average Bonchev–Trinajstić information content (AvgIpc) is 2.25. The summed E-state index contributed by atoms with van der Waals surface area (Å²) in [7, 11) is -4.04. The van der Waals surface area contributed by atoms with E-state index in [0.717, 1.165) is 6.07 Å². The molecule has 0 atom stereocenters. The molecular formula is C9H9ClN2O6S. The summed E-state index contributed by atoms with van der Waals surface area (Å²) in [6.45, 7) is -0.386. The van der Waals surface area contributed by atoms with Gasteiger partial charge in [0.05, 0.1) is 4.92 Å². The Morgan fingerprint density at radius 2 is 2.11 bits per heavy atom. The zero-order chi connectivity index (χ0) is 14.6. The third-order valence-corrected chi connectivity index (χ3v) is 3.49. The lowest BCUT2D eigenvalue weighted by molar-refractivity contribution is -0.385. The lowest BCUT2D eigenvalue weighted by atomic mass is 10.2. The molecular weight excluding hydrogens is 300 g/mol. The number of benzene rings is 1. The van der Waals surface area contributed by atoms with Crippen LogP contribution in [0.5, 0.6) is 0 Å². The Hall–Kier alpha value is -1.71. The van der Waals surface area contributed by atoms with Crippen molar-refractivity contribution in [1.82, 2.24) is 4.72 Å². The summed E-state index contributed by atoms with van der Waals surface area (Å²) in [6.07, 6.45) is 0. The summed E-state index contributed by atoms with van der Waals surface area (Å²) in [5, 5.41) is 19.3. The van der Waals surface area contributed by atoms with Crippen LogP contribution in [0.15, 0.2) is 18.2 Å². The fourth-order valence-electron chi connectivity index (χ4n) is 1.26. The van der Waals surface area contributed by atoms with E-state index in [2.05, 4.69) is 0 Å². The number of hydrogen-bond donors (Lipinski definition) is 2. The monoisotopic (exact) mass is 308 g/mol. The van der Waals surface area contributed by atoms with Crippen LogP contribution in [0.3, 0.4) is 0 Å². The van der Waals surface area contributed by atoms with E-state index in [1.165, 1.54) is 12.1 Å². The van der Waals surface area contributed by atoms with Crippen LogP contribution < -0.4 is 4.72 Å². The predicted octanol–water partition coefficient (Wildman–Crippen LogP) is 0.752. The molecule has 0 aromatic heterocycles. The Morgan fingerprint density at radius 1 is 1.47 bits per heavy atom. The van der Waals surface area contributed by atoms with Gasteiger partial charge in [0, 0.05) is 23.2 Å². The van der Waals surface area contributed by atoms with E-state index >= 15 is 0 Å². The molecule has 8 nitrogen and oxygen atoms in total. The summed E-state index contributed by atoms with van der Waals surface area (Å²) < 4.78 is 24.5. The number of nitrogens with one attached hydrogen (secondary N) is 1. The fourth-order valence-corrected chi connectivity index (χ4v) is 2.23. The molecule has 0 unspecified atom stereocenters. The second-order valence-corrected chi connectivity index (χ2v) is 5.75. The Kier molecular flexibility index (Phi) is 4.81. The minimum absolute atomic E-state index is 0.0864. The molecule has 0 aliphatic carbocycles. The molecule has 104 valence electrons. The Labute approximate surface area is 113 Å². The highest BCUT2D eigenvalue weighted by atomic mass is 35.5. The summed E-state index contributed by atoms with van der Waals surface area (Å²) in [5.41, 5.74) is -0.256. The van der Waals surface area contributed by atoms with E-state index < -0.39 is 26.7 Å². The molecule has 0 saturated heterocycles. The van der Waals surface area contributed by atoms with Crippen molar-refractivity contribution in [2.24, 2.45) is 0 Å². The summed E-state index contributed by atoms with van der Waals surface area (Å²) in [5.74, 6) is -2.62. The lowest BCUT2D eigenvalue weighted by Crippen LogP contribution is -2.29. The van der Waals surface area contributed by atoms with Crippen molar-refractivity contribution in [3.05, 3.63) is 38.9 Å². The molecule has 0 saturated carbocycles. The third kappa shape index (κ3) is 4.81.